The Hall–Kier alpha value is -3.21. The van der Waals surface area contributed by atoms with Crippen LogP contribution < -0.4 is 5.32 Å². The van der Waals surface area contributed by atoms with Crippen LogP contribution in [0.1, 0.15) is 35.5 Å². The molecular formula is C22H24N4O. The van der Waals surface area contributed by atoms with Crippen LogP contribution in [0.5, 0.6) is 0 Å². The Morgan fingerprint density at radius 3 is 2.48 bits per heavy atom. The van der Waals surface area contributed by atoms with Gasteiger partial charge in [0.15, 0.2) is 0 Å². The van der Waals surface area contributed by atoms with Crippen LogP contribution in [0.15, 0.2) is 73.1 Å². The molecule has 0 aliphatic carbocycles. The van der Waals surface area contributed by atoms with Gasteiger partial charge in [-0.3, -0.25) is 9.78 Å². The minimum atomic E-state index is -0.00265. The van der Waals surface area contributed by atoms with Crippen molar-refractivity contribution in [1.29, 1.82) is 0 Å². The van der Waals surface area contributed by atoms with Gasteiger partial charge < -0.3 is 10.2 Å². The normalized spacial score (nSPS) is 10.6. The third kappa shape index (κ3) is 5.14. The topological polar surface area (TPSA) is 58.1 Å². The summed E-state index contributed by atoms with van der Waals surface area (Å²) in [5.41, 5.74) is 2.66. The SMILES string of the molecule is CC(C)N(Cc1ccccc1)C(=O)c1ccnc(NCc2ccccn2)c1. The van der Waals surface area contributed by atoms with E-state index in [9.17, 15) is 4.79 Å². The van der Waals surface area contributed by atoms with E-state index in [2.05, 4.69) is 15.3 Å². The standard InChI is InChI=1S/C22H24N4O/c1-17(2)26(16-18-8-4-3-5-9-18)22(27)19-11-13-24-21(14-19)25-15-20-10-6-7-12-23-20/h3-14,17H,15-16H2,1-2H3,(H,24,25). The third-order valence-corrected chi connectivity index (χ3v) is 4.26. The molecule has 1 amide bonds. The van der Waals surface area contributed by atoms with E-state index in [4.69, 9.17) is 0 Å². The average molecular weight is 360 g/mol. The van der Waals surface area contributed by atoms with E-state index in [-0.39, 0.29) is 11.9 Å². The zero-order chi connectivity index (χ0) is 19.1. The van der Waals surface area contributed by atoms with Crippen molar-refractivity contribution in [1.82, 2.24) is 14.9 Å². The largest absolute Gasteiger partial charge is 0.364 e. The molecule has 0 fully saturated rings. The molecule has 0 aliphatic heterocycles. The summed E-state index contributed by atoms with van der Waals surface area (Å²) < 4.78 is 0. The lowest BCUT2D eigenvalue weighted by atomic mass is 10.1. The van der Waals surface area contributed by atoms with Crippen molar-refractivity contribution < 1.29 is 4.79 Å². The van der Waals surface area contributed by atoms with E-state index >= 15 is 0 Å². The van der Waals surface area contributed by atoms with Crippen molar-refractivity contribution in [3.05, 3.63) is 89.9 Å². The Morgan fingerprint density at radius 1 is 1.00 bits per heavy atom. The van der Waals surface area contributed by atoms with Gasteiger partial charge in [0.1, 0.15) is 5.82 Å². The van der Waals surface area contributed by atoms with Crippen LogP contribution in [0.25, 0.3) is 0 Å². The molecule has 0 atom stereocenters. The Balaban J connectivity index is 1.72. The van der Waals surface area contributed by atoms with Crippen molar-refractivity contribution in [3.8, 4) is 0 Å². The molecule has 2 heterocycles. The van der Waals surface area contributed by atoms with Crippen LogP contribution in [0.4, 0.5) is 5.82 Å². The third-order valence-electron chi connectivity index (χ3n) is 4.26. The number of pyridine rings is 2. The van der Waals surface area contributed by atoms with Gasteiger partial charge in [0.05, 0.1) is 12.2 Å². The number of amides is 1. The summed E-state index contributed by atoms with van der Waals surface area (Å²) in [4.78, 5) is 23.5. The van der Waals surface area contributed by atoms with E-state index in [1.807, 2.05) is 67.3 Å². The first-order chi connectivity index (χ1) is 13.1. The molecule has 0 saturated carbocycles. The van der Waals surface area contributed by atoms with Crippen LogP contribution >= 0.6 is 0 Å². The number of carbonyl (C=O) groups is 1. The summed E-state index contributed by atoms with van der Waals surface area (Å²) in [7, 11) is 0. The average Bonchev–Trinajstić information content (AvgIpc) is 2.71. The van der Waals surface area contributed by atoms with Gasteiger partial charge in [-0.2, -0.15) is 0 Å². The molecule has 3 rings (SSSR count). The number of hydrogen-bond acceptors (Lipinski definition) is 4. The van der Waals surface area contributed by atoms with Crippen LogP contribution in [0.3, 0.4) is 0 Å². The molecule has 0 aliphatic rings. The summed E-state index contributed by atoms with van der Waals surface area (Å²) in [5, 5.41) is 3.23. The number of hydrogen-bond donors (Lipinski definition) is 1. The maximum absolute atomic E-state index is 13.1. The highest BCUT2D eigenvalue weighted by atomic mass is 16.2. The second-order valence-corrected chi connectivity index (χ2v) is 6.62. The molecule has 27 heavy (non-hydrogen) atoms. The number of benzene rings is 1. The van der Waals surface area contributed by atoms with E-state index in [1.54, 1.807) is 24.5 Å². The minimum Gasteiger partial charge on any atom is -0.364 e. The number of carbonyl (C=O) groups excluding carboxylic acids is 1. The summed E-state index contributed by atoms with van der Waals surface area (Å²) >= 11 is 0. The van der Waals surface area contributed by atoms with Crippen molar-refractivity contribution >= 4 is 11.7 Å². The molecule has 0 bridgehead atoms. The highest BCUT2D eigenvalue weighted by Crippen LogP contribution is 2.15. The lowest BCUT2D eigenvalue weighted by molar-refractivity contribution is 0.0690. The zero-order valence-electron chi connectivity index (χ0n) is 15.7. The van der Waals surface area contributed by atoms with Crippen LogP contribution in [0.2, 0.25) is 0 Å². The summed E-state index contributed by atoms with van der Waals surface area (Å²) in [6.07, 6.45) is 3.42. The zero-order valence-corrected chi connectivity index (χ0v) is 15.7. The van der Waals surface area contributed by atoms with Gasteiger partial charge in [0.25, 0.3) is 5.91 Å². The molecule has 5 nitrogen and oxygen atoms in total. The van der Waals surface area contributed by atoms with Gasteiger partial charge in [-0.15, -0.1) is 0 Å². The van der Waals surface area contributed by atoms with E-state index in [1.165, 1.54) is 0 Å². The van der Waals surface area contributed by atoms with Gasteiger partial charge >= 0.3 is 0 Å². The number of rotatable bonds is 7. The van der Waals surface area contributed by atoms with E-state index < -0.39 is 0 Å². The van der Waals surface area contributed by atoms with E-state index in [0.29, 0.717) is 24.5 Å². The van der Waals surface area contributed by atoms with E-state index in [0.717, 1.165) is 11.3 Å². The first-order valence-electron chi connectivity index (χ1n) is 9.08. The monoisotopic (exact) mass is 360 g/mol. The Morgan fingerprint density at radius 2 is 1.78 bits per heavy atom. The fraction of sp³-hybridized carbons (Fsp3) is 0.227. The van der Waals surface area contributed by atoms with Crippen molar-refractivity contribution in [3.63, 3.8) is 0 Å². The Kier molecular flexibility index (Phi) is 6.15. The van der Waals surface area contributed by atoms with Crippen molar-refractivity contribution in [2.45, 2.75) is 33.0 Å². The fourth-order valence-corrected chi connectivity index (χ4v) is 2.78. The molecule has 138 valence electrons. The molecule has 1 aromatic carbocycles. The quantitative estimate of drug-likeness (QED) is 0.688. The van der Waals surface area contributed by atoms with Gasteiger partial charge in [-0.05, 0) is 43.7 Å². The maximum Gasteiger partial charge on any atom is 0.254 e. The van der Waals surface area contributed by atoms with Crippen LogP contribution in [-0.2, 0) is 13.1 Å². The maximum atomic E-state index is 13.1. The first kappa shape index (κ1) is 18.6. The second kappa shape index (κ2) is 8.94. The number of anilines is 1. The molecule has 5 heteroatoms. The number of nitrogens with zero attached hydrogens (tertiary/aromatic N) is 3. The smallest absolute Gasteiger partial charge is 0.254 e. The molecule has 3 aromatic rings. The molecular weight excluding hydrogens is 336 g/mol. The Bertz CT molecular complexity index is 866. The molecule has 0 saturated heterocycles. The van der Waals surface area contributed by atoms with Gasteiger partial charge in [0, 0.05) is 30.5 Å². The lowest BCUT2D eigenvalue weighted by Crippen LogP contribution is -2.36. The lowest BCUT2D eigenvalue weighted by Gasteiger charge is -2.27. The molecule has 0 spiro atoms. The number of aromatic nitrogens is 2. The second-order valence-electron chi connectivity index (χ2n) is 6.62. The minimum absolute atomic E-state index is 0.00265. The highest BCUT2D eigenvalue weighted by molar-refractivity contribution is 5.95. The summed E-state index contributed by atoms with van der Waals surface area (Å²) in [6.45, 7) is 5.20. The summed E-state index contributed by atoms with van der Waals surface area (Å²) in [6, 6.07) is 19.5. The Labute approximate surface area is 160 Å². The van der Waals surface area contributed by atoms with Crippen molar-refractivity contribution in [2.24, 2.45) is 0 Å². The molecule has 2 aromatic heterocycles. The van der Waals surface area contributed by atoms with Crippen molar-refractivity contribution in [2.75, 3.05) is 5.32 Å². The fourth-order valence-electron chi connectivity index (χ4n) is 2.78. The predicted molar refractivity (Wildman–Crippen MR) is 107 cm³/mol. The molecule has 0 radical (unpaired) electrons. The van der Waals surface area contributed by atoms with Crippen LogP contribution in [0, 0.1) is 0 Å². The predicted octanol–water partition coefficient (Wildman–Crippen LogP) is 4.14. The summed E-state index contributed by atoms with van der Waals surface area (Å²) in [5.74, 6) is 0.659. The molecule has 0 unspecified atom stereocenters. The van der Waals surface area contributed by atoms with Gasteiger partial charge in [0.2, 0.25) is 0 Å². The molecule has 1 N–H and O–H groups in total. The highest BCUT2D eigenvalue weighted by Gasteiger charge is 2.19. The van der Waals surface area contributed by atoms with Crippen LogP contribution in [-0.4, -0.2) is 26.8 Å². The first-order valence-corrected chi connectivity index (χ1v) is 9.08. The van der Waals surface area contributed by atoms with Gasteiger partial charge in [-0.25, -0.2) is 4.98 Å². The van der Waals surface area contributed by atoms with Gasteiger partial charge in [-0.1, -0.05) is 36.4 Å². The number of nitrogens with one attached hydrogen (secondary N) is 1.